The average molecular weight is 1000 g/mol. The highest BCUT2D eigenvalue weighted by Gasteiger charge is 2.17. The summed E-state index contributed by atoms with van der Waals surface area (Å²) in [6.07, 6.45) is 6.20. The van der Waals surface area contributed by atoms with Gasteiger partial charge in [0, 0.05) is 38.8 Å². The first-order valence-electron chi connectivity index (χ1n) is 22.3. The molecule has 0 atom stereocenters. The molecule has 24 heteroatoms. The van der Waals surface area contributed by atoms with Crippen LogP contribution in [0.5, 0.6) is 11.5 Å². The van der Waals surface area contributed by atoms with Crippen molar-refractivity contribution in [2.45, 2.75) is 44.9 Å². The standard InChI is InChI=1S/C45H64Cl2N12O10/c46-37(30-49)56-35(29-48)36(60)7-2-1-5-31-8-12-33(13-9-31)68-27-25-66-23-21-64-19-17-53-43(62)44(63)54-18-20-65-22-24-67-26-28-69-34-14-10-32(11-15-34)6-3-4-16-55-45(52)59-42(61)38-40(50)58-41(51)39(47)57-38/h8-15,30H,1-7,16-29,48-49H2,(H,53,62)(H,54,63)(H4,50,51,58)(H3,52,55,59,61)/b37-30?,56-35+. The van der Waals surface area contributed by atoms with Crippen LogP contribution >= 0.6 is 23.2 Å². The number of nitrogens with two attached hydrogens (primary N) is 4. The summed E-state index contributed by atoms with van der Waals surface area (Å²) in [6, 6.07) is 15.5. The van der Waals surface area contributed by atoms with E-state index in [1.54, 1.807) is 0 Å². The Bertz CT molecular complexity index is 2120. The van der Waals surface area contributed by atoms with E-state index in [2.05, 4.69) is 36.2 Å². The summed E-state index contributed by atoms with van der Waals surface area (Å²) < 4.78 is 33.4. The molecule has 22 nitrogen and oxygen atoms in total. The van der Waals surface area contributed by atoms with Gasteiger partial charge in [-0.2, -0.15) is 0 Å². The Morgan fingerprint density at radius 1 is 0.652 bits per heavy atom. The number of ketones is 1. The van der Waals surface area contributed by atoms with E-state index in [-0.39, 0.29) is 77.9 Å². The van der Waals surface area contributed by atoms with Crippen LogP contribution in [-0.2, 0) is 46.2 Å². The second-order valence-corrected chi connectivity index (χ2v) is 15.4. The third kappa shape index (κ3) is 24.6. The van der Waals surface area contributed by atoms with E-state index < -0.39 is 17.7 Å². The largest absolute Gasteiger partial charge is 0.491 e. The van der Waals surface area contributed by atoms with Gasteiger partial charge in [0.1, 0.15) is 29.9 Å². The Morgan fingerprint density at radius 3 is 1.65 bits per heavy atom. The van der Waals surface area contributed by atoms with Crippen molar-refractivity contribution >= 4 is 70.0 Å². The van der Waals surface area contributed by atoms with E-state index in [0.717, 1.165) is 55.2 Å². The maximum atomic E-state index is 12.3. The van der Waals surface area contributed by atoms with Crippen LogP contribution in [0, 0.1) is 5.41 Å². The highest BCUT2D eigenvalue weighted by atomic mass is 35.5. The molecule has 378 valence electrons. The summed E-state index contributed by atoms with van der Waals surface area (Å²) in [5.74, 6) is -1.44. The van der Waals surface area contributed by atoms with Crippen molar-refractivity contribution in [2.24, 2.45) is 16.5 Å². The molecule has 3 rings (SSSR count). The molecule has 0 aliphatic rings. The monoisotopic (exact) mass is 1000 g/mol. The maximum absolute atomic E-state index is 12.3. The molecule has 0 aliphatic carbocycles. The van der Waals surface area contributed by atoms with Gasteiger partial charge in [-0.3, -0.25) is 29.9 Å². The molecule has 1 aromatic heterocycles. The first kappa shape index (κ1) is 57.2. The molecule has 0 saturated heterocycles. The predicted molar refractivity (Wildman–Crippen MR) is 262 cm³/mol. The second kappa shape index (κ2) is 34.2. The Balaban J connectivity index is 1.06. The summed E-state index contributed by atoms with van der Waals surface area (Å²) in [4.78, 5) is 60.2. The Kier molecular flexibility index (Phi) is 28.3. The number of rotatable bonds is 34. The number of carbonyl (C=O) groups is 4. The lowest BCUT2D eigenvalue weighted by Crippen LogP contribution is -2.42. The SMILES string of the molecule is N=C(NCCCCc1ccc(OCCOCCOCCNC(=O)C(=O)NCCOCCOCCOc2ccc(CCCCC(=O)/C(CN)=N/C(Cl)=CN)cc2)cc1)NC(=O)c1nc(Cl)c(N)nc1N. The van der Waals surface area contributed by atoms with Gasteiger partial charge in [-0.1, -0.05) is 47.5 Å². The number of unbranched alkanes of at least 4 members (excludes halogenated alkanes) is 2. The third-order valence-corrected chi connectivity index (χ3v) is 9.91. The normalized spacial score (nSPS) is 11.5. The maximum Gasteiger partial charge on any atom is 0.309 e. The smallest absolute Gasteiger partial charge is 0.309 e. The van der Waals surface area contributed by atoms with Gasteiger partial charge in [0.15, 0.2) is 34.2 Å². The zero-order chi connectivity index (χ0) is 50.1. The molecule has 3 aromatic rings. The number of anilines is 2. The van der Waals surface area contributed by atoms with Crippen molar-refractivity contribution in [3.05, 3.63) is 81.9 Å². The van der Waals surface area contributed by atoms with Crippen molar-refractivity contribution in [2.75, 3.05) is 104 Å². The highest BCUT2D eigenvalue weighted by molar-refractivity contribution is 6.42. The van der Waals surface area contributed by atoms with Gasteiger partial charge in [-0.25, -0.2) is 15.0 Å². The summed E-state index contributed by atoms with van der Waals surface area (Å²) in [7, 11) is 0. The lowest BCUT2D eigenvalue weighted by molar-refractivity contribution is -0.139. The average Bonchev–Trinajstić information content (AvgIpc) is 3.34. The Hall–Kier alpha value is -6.14. The van der Waals surface area contributed by atoms with Gasteiger partial charge in [0.2, 0.25) is 0 Å². The number of aliphatic imine (C=N–C) groups is 1. The number of guanidine groups is 1. The second-order valence-electron chi connectivity index (χ2n) is 14.7. The number of hydrogen-bond donors (Lipinski definition) is 9. The van der Waals surface area contributed by atoms with Crippen molar-refractivity contribution in [3.63, 3.8) is 0 Å². The van der Waals surface area contributed by atoms with E-state index in [4.69, 9.17) is 80.0 Å². The van der Waals surface area contributed by atoms with Gasteiger partial charge < -0.3 is 67.3 Å². The van der Waals surface area contributed by atoms with Crippen LogP contribution in [0.1, 0.15) is 53.7 Å². The Morgan fingerprint density at radius 2 is 1.14 bits per heavy atom. The number of nitrogens with zero attached hydrogens (tertiary/aromatic N) is 3. The number of nitrogen functional groups attached to an aromatic ring is 2. The van der Waals surface area contributed by atoms with Crippen LogP contribution in [0.4, 0.5) is 11.6 Å². The first-order valence-corrected chi connectivity index (χ1v) is 23.1. The quantitative estimate of drug-likeness (QED) is 0.0136. The fourth-order valence-electron chi connectivity index (χ4n) is 5.86. The lowest BCUT2D eigenvalue weighted by Gasteiger charge is -2.11. The number of Topliss-reactive ketones (excluding diaryl/α,β-unsaturated/α-hetero) is 1. The van der Waals surface area contributed by atoms with Crippen molar-refractivity contribution < 1.29 is 47.6 Å². The van der Waals surface area contributed by atoms with Gasteiger partial charge in [-0.15, -0.1) is 0 Å². The topological polar surface area (TPSA) is 338 Å². The van der Waals surface area contributed by atoms with Crippen LogP contribution < -0.4 is 53.7 Å². The molecule has 0 spiro atoms. The summed E-state index contributed by atoms with van der Waals surface area (Å²) in [5, 5.41) is 18.0. The first-order chi connectivity index (χ1) is 33.4. The van der Waals surface area contributed by atoms with Crippen molar-refractivity contribution in [1.82, 2.24) is 31.2 Å². The predicted octanol–water partition coefficient (Wildman–Crippen LogP) is 2.01. The minimum atomic E-state index is -0.765. The lowest BCUT2D eigenvalue weighted by atomic mass is 10.0. The van der Waals surface area contributed by atoms with Crippen LogP contribution in [0.3, 0.4) is 0 Å². The number of aryl methyl sites for hydroxylation is 2. The fraction of sp³-hybridized carbons (Fsp3) is 0.467. The van der Waals surface area contributed by atoms with Gasteiger partial charge in [-0.05, 0) is 73.9 Å². The van der Waals surface area contributed by atoms with Gasteiger partial charge in [0.05, 0.1) is 58.6 Å². The molecule has 0 radical (unpaired) electrons. The molecule has 2 aromatic carbocycles. The molecule has 13 N–H and O–H groups in total. The molecule has 69 heavy (non-hydrogen) atoms. The van der Waals surface area contributed by atoms with E-state index in [0.29, 0.717) is 78.0 Å². The van der Waals surface area contributed by atoms with Gasteiger partial charge in [0.25, 0.3) is 5.91 Å². The van der Waals surface area contributed by atoms with E-state index in [1.807, 2.05) is 48.5 Å². The zero-order valence-corrected chi connectivity index (χ0v) is 40.0. The van der Waals surface area contributed by atoms with Crippen molar-refractivity contribution in [1.29, 1.82) is 5.41 Å². The van der Waals surface area contributed by atoms with Crippen LogP contribution in [0.15, 0.2) is 64.9 Å². The van der Waals surface area contributed by atoms with Gasteiger partial charge >= 0.3 is 11.8 Å². The highest BCUT2D eigenvalue weighted by Crippen LogP contribution is 2.18. The summed E-state index contributed by atoms with van der Waals surface area (Å²) in [6.45, 7) is 3.96. The van der Waals surface area contributed by atoms with Crippen LogP contribution in [0.2, 0.25) is 5.15 Å². The number of amides is 3. The number of carbonyl (C=O) groups excluding carboxylic acids is 4. The zero-order valence-electron chi connectivity index (χ0n) is 38.5. The third-order valence-electron chi connectivity index (χ3n) is 9.42. The van der Waals surface area contributed by atoms with E-state index in [9.17, 15) is 19.2 Å². The van der Waals surface area contributed by atoms with Crippen molar-refractivity contribution in [3.8, 4) is 11.5 Å². The van der Waals surface area contributed by atoms with Crippen LogP contribution in [0.25, 0.3) is 0 Å². The van der Waals surface area contributed by atoms with E-state index >= 15 is 0 Å². The minimum absolute atomic E-state index is 0.00109. The fourth-order valence-corrected chi connectivity index (χ4v) is 6.09. The Labute approximate surface area is 411 Å². The van der Waals surface area contributed by atoms with Crippen LogP contribution in [-0.4, -0.2) is 137 Å². The molecule has 0 saturated carbocycles. The molecule has 0 aliphatic heterocycles. The number of nitrogens with one attached hydrogen (secondary N) is 5. The number of halogens is 2. The summed E-state index contributed by atoms with van der Waals surface area (Å²) in [5.41, 5.74) is 24.3. The molecule has 3 amide bonds. The molecular weight excluding hydrogens is 939 g/mol. The molecule has 0 fully saturated rings. The molecule has 0 bridgehead atoms. The number of aromatic nitrogens is 2. The molecular formula is C45H64Cl2N12O10. The van der Waals surface area contributed by atoms with E-state index in [1.165, 1.54) is 0 Å². The number of benzene rings is 2. The number of hydrogen-bond acceptors (Lipinski definition) is 18. The number of ether oxygens (including phenoxy) is 6. The minimum Gasteiger partial charge on any atom is -0.491 e. The molecule has 0 unspecified atom stereocenters. The molecule has 1 heterocycles. The summed E-state index contributed by atoms with van der Waals surface area (Å²) >= 11 is 11.6.